The van der Waals surface area contributed by atoms with E-state index < -0.39 is 0 Å². The highest BCUT2D eigenvalue weighted by Gasteiger charge is 2.10. The highest BCUT2D eigenvalue weighted by Crippen LogP contribution is 2.24. The molecule has 0 radical (unpaired) electrons. The van der Waals surface area contributed by atoms with Crippen molar-refractivity contribution >= 4 is 34.8 Å². The summed E-state index contributed by atoms with van der Waals surface area (Å²) in [6.45, 7) is 6.31. The number of ketones is 1. The molecule has 0 saturated carbocycles. The van der Waals surface area contributed by atoms with Crippen LogP contribution >= 0.6 is 23.1 Å². The number of Topliss-reactive ketones (excluding diaryl/α,β-unsaturated/α-hetero) is 1. The van der Waals surface area contributed by atoms with Crippen molar-refractivity contribution in [1.82, 2.24) is 5.32 Å². The fourth-order valence-corrected chi connectivity index (χ4v) is 3.76. The Labute approximate surface area is 145 Å². The maximum Gasteiger partial charge on any atom is 0.217 e. The molecule has 2 rings (SSSR count). The third kappa shape index (κ3) is 5.52. The van der Waals surface area contributed by atoms with Gasteiger partial charge in [-0.15, -0.1) is 23.1 Å². The van der Waals surface area contributed by atoms with Gasteiger partial charge in [-0.2, -0.15) is 0 Å². The summed E-state index contributed by atoms with van der Waals surface area (Å²) < 4.78 is 0. The molecule has 5 heteroatoms. The zero-order valence-corrected chi connectivity index (χ0v) is 15.2. The quantitative estimate of drug-likeness (QED) is 0.593. The van der Waals surface area contributed by atoms with Crippen molar-refractivity contribution in [3.63, 3.8) is 0 Å². The summed E-state index contributed by atoms with van der Waals surface area (Å²) in [5.41, 5.74) is 1.31. The Hall–Kier alpha value is -1.59. The second kappa shape index (κ2) is 8.31. The Kier molecular flexibility index (Phi) is 6.42. The van der Waals surface area contributed by atoms with Gasteiger partial charge >= 0.3 is 0 Å². The van der Waals surface area contributed by atoms with Gasteiger partial charge in [0.25, 0.3) is 0 Å². The van der Waals surface area contributed by atoms with Gasteiger partial charge in [0.2, 0.25) is 5.91 Å². The van der Waals surface area contributed by atoms with Gasteiger partial charge in [0, 0.05) is 16.7 Å². The van der Waals surface area contributed by atoms with Crippen molar-refractivity contribution in [3.8, 4) is 0 Å². The number of carbonyl (C=O) groups excluding carboxylic acids is 2. The van der Waals surface area contributed by atoms with Crippen molar-refractivity contribution in [2.75, 3.05) is 5.75 Å². The van der Waals surface area contributed by atoms with E-state index in [0.717, 1.165) is 14.6 Å². The van der Waals surface area contributed by atoms with Gasteiger partial charge in [-0.05, 0) is 35.7 Å². The van der Waals surface area contributed by atoms with Crippen molar-refractivity contribution in [3.05, 3.63) is 51.7 Å². The Morgan fingerprint density at radius 1 is 1.13 bits per heavy atom. The largest absolute Gasteiger partial charge is 0.351 e. The van der Waals surface area contributed by atoms with Gasteiger partial charge < -0.3 is 5.32 Å². The zero-order valence-electron chi connectivity index (χ0n) is 13.6. The number of hydrogen-bond donors (Lipinski definition) is 1. The molecule has 1 amide bonds. The van der Waals surface area contributed by atoms with Gasteiger partial charge in [-0.1, -0.05) is 26.0 Å². The molecule has 1 heterocycles. The molecule has 0 saturated heterocycles. The summed E-state index contributed by atoms with van der Waals surface area (Å²) in [6, 6.07) is 12.1. The third-order valence-corrected chi connectivity index (χ3v) is 5.50. The number of amides is 1. The van der Waals surface area contributed by atoms with Crippen LogP contribution in [0.1, 0.15) is 46.8 Å². The summed E-state index contributed by atoms with van der Waals surface area (Å²) in [4.78, 5) is 26.0. The van der Waals surface area contributed by atoms with Crippen molar-refractivity contribution in [2.45, 2.75) is 38.1 Å². The van der Waals surface area contributed by atoms with E-state index >= 15 is 0 Å². The van der Waals surface area contributed by atoms with Gasteiger partial charge in [-0.25, -0.2) is 0 Å². The number of thiophene rings is 1. The Balaban J connectivity index is 1.88. The topological polar surface area (TPSA) is 46.2 Å². The first-order valence-electron chi connectivity index (χ1n) is 7.55. The minimum absolute atomic E-state index is 0.0633. The molecule has 1 N–H and O–H groups in total. The number of rotatable bonds is 7. The summed E-state index contributed by atoms with van der Waals surface area (Å²) in [7, 11) is 0. The highest BCUT2D eigenvalue weighted by atomic mass is 32.2. The van der Waals surface area contributed by atoms with Gasteiger partial charge in [0.15, 0.2) is 5.78 Å². The predicted octanol–water partition coefficient (Wildman–Crippen LogP) is 4.48. The van der Waals surface area contributed by atoms with E-state index in [4.69, 9.17) is 0 Å². The predicted molar refractivity (Wildman–Crippen MR) is 97.4 cm³/mol. The smallest absolute Gasteiger partial charge is 0.217 e. The lowest BCUT2D eigenvalue weighted by atomic mass is 10.0. The average molecular weight is 348 g/mol. The fraction of sp³-hybridized carbons (Fsp3) is 0.333. The van der Waals surface area contributed by atoms with Gasteiger partial charge in [-0.3, -0.25) is 9.59 Å². The van der Waals surface area contributed by atoms with Crippen LogP contribution in [0.5, 0.6) is 0 Å². The molecule has 0 spiro atoms. The van der Waals surface area contributed by atoms with Crippen LogP contribution in [-0.4, -0.2) is 17.4 Å². The van der Waals surface area contributed by atoms with E-state index in [1.54, 1.807) is 11.8 Å². The van der Waals surface area contributed by atoms with Crippen LogP contribution < -0.4 is 5.32 Å². The van der Waals surface area contributed by atoms with E-state index in [0.29, 0.717) is 18.2 Å². The van der Waals surface area contributed by atoms with Crippen molar-refractivity contribution in [2.24, 2.45) is 0 Å². The maximum atomic E-state index is 12.2. The van der Waals surface area contributed by atoms with Gasteiger partial charge in [0.1, 0.15) is 0 Å². The number of hydrogen-bond acceptors (Lipinski definition) is 4. The molecule has 0 aliphatic rings. The molecule has 122 valence electrons. The van der Waals surface area contributed by atoms with Crippen LogP contribution in [0.25, 0.3) is 0 Å². The first kappa shape index (κ1) is 17.8. The molecule has 1 aromatic heterocycles. The van der Waals surface area contributed by atoms with Crippen LogP contribution in [-0.2, 0) is 11.3 Å². The molecule has 23 heavy (non-hydrogen) atoms. The van der Waals surface area contributed by atoms with Crippen LogP contribution in [0.2, 0.25) is 0 Å². The van der Waals surface area contributed by atoms with E-state index in [9.17, 15) is 9.59 Å². The van der Waals surface area contributed by atoms with E-state index in [1.165, 1.54) is 23.8 Å². The third-order valence-electron chi connectivity index (χ3n) is 3.36. The van der Waals surface area contributed by atoms with E-state index in [1.807, 2.05) is 12.1 Å². The molecule has 3 nitrogen and oxygen atoms in total. The molecule has 0 bridgehead atoms. The van der Waals surface area contributed by atoms with E-state index in [2.05, 4.69) is 43.4 Å². The molecule has 0 aliphatic carbocycles. The maximum absolute atomic E-state index is 12.2. The number of nitrogens with one attached hydrogen (secondary N) is 1. The highest BCUT2D eigenvalue weighted by molar-refractivity contribution is 8.00. The van der Waals surface area contributed by atoms with E-state index in [-0.39, 0.29) is 11.7 Å². The summed E-state index contributed by atoms with van der Waals surface area (Å²) >= 11 is 3.01. The standard InChI is InChI=1S/C18H21NO2S2/c1-12(2)14-4-6-15(7-5-14)22-11-17(21)18-9-8-16(23-18)10-19-13(3)20/h4-9,12H,10-11H2,1-3H3,(H,19,20). The summed E-state index contributed by atoms with van der Waals surface area (Å²) in [5.74, 6) is 1.01. The number of carbonyl (C=O) groups is 2. The Bertz CT molecular complexity index is 675. The Morgan fingerprint density at radius 2 is 1.83 bits per heavy atom. The molecule has 0 atom stereocenters. The lowest BCUT2D eigenvalue weighted by Gasteiger charge is -2.06. The SMILES string of the molecule is CC(=O)NCc1ccc(C(=O)CSc2ccc(C(C)C)cc2)s1. The monoisotopic (exact) mass is 347 g/mol. The molecule has 2 aromatic rings. The van der Waals surface area contributed by atoms with Crippen molar-refractivity contribution < 1.29 is 9.59 Å². The fourth-order valence-electron chi connectivity index (χ4n) is 2.00. The van der Waals surface area contributed by atoms with Crippen molar-refractivity contribution in [1.29, 1.82) is 0 Å². The normalized spacial score (nSPS) is 10.8. The zero-order chi connectivity index (χ0) is 16.8. The second-order valence-electron chi connectivity index (χ2n) is 5.61. The van der Waals surface area contributed by atoms with Gasteiger partial charge in [0.05, 0.1) is 17.2 Å². The van der Waals surface area contributed by atoms with Crippen LogP contribution in [0, 0.1) is 0 Å². The first-order chi connectivity index (χ1) is 11.0. The molecular formula is C18H21NO2S2. The summed E-state index contributed by atoms with van der Waals surface area (Å²) in [5, 5.41) is 2.74. The number of benzene rings is 1. The molecule has 0 fully saturated rings. The second-order valence-corrected chi connectivity index (χ2v) is 7.83. The summed E-state index contributed by atoms with van der Waals surface area (Å²) in [6.07, 6.45) is 0. The first-order valence-corrected chi connectivity index (χ1v) is 9.35. The molecular weight excluding hydrogens is 326 g/mol. The molecule has 0 unspecified atom stereocenters. The average Bonchev–Trinajstić information content (AvgIpc) is 3.00. The van der Waals surface area contributed by atoms with Crippen LogP contribution in [0.3, 0.4) is 0 Å². The molecule has 1 aromatic carbocycles. The lowest BCUT2D eigenvalue weighted by molar-refractivity contribution is -0.119. The number of thioether (sulfide) groups is 1. The lowest BCUT2D eigenvalue weighted by Crippen LogP contribution is -2.18. The minimum Gasteiger partial charge on any atom is -0.351 e. The Morgan fingerprint density at radius 3 is 2.43 bits per heavy atom. The minimum atomic E-state index is -0.0633. The van der Waals surface area contributed by atoms with Crippen LogP contribution in [0.15, 0.2) is 41.3 Å². The van der Waals surface area contributed by atoms with Crippen LogP contribution in [0.4, 0.5) is 0 Å². The molecule has 0 aliphatic heterocycles.